The van der Waals surface area contributed by atoms with Gasteiger partial charge in [0, 0.05) is 5.02 Å². The van der Waals surface area contributed by atoms with E-state index in [4.69, 9.17) is 11.6 Å². The molecule has 3 rings (SSSR count). The largest absolute Gasteiger partial charge is 0.273 e. The summed E-state index contributed by atoms with van der Waals surface area (Å²) in [6.45, 7) is 0. The average Bonchev–Trinajstić information content (AvgIpc) is 2.65. The third-order valence-electron chi connectivity index (χ3n) is 3.70. The number of hydrogen-bond donors (Lipinski definition) is 1. The Hall–Kier alpha value is -2.91. The molecular formula is C21H17ClN2O. The van der Waals surface area contributed by atoms with Crippen LogP contribution in [0.4, 0.5) is 0 Å². The third-order valence-corrected chi connectivity index (χ3v) is 3.95. The fourth-order valence-corrected chi connectivity index (χ4v) is 2.52. The van der Waals surface area contributed by atoms with Gasteiger partial charge in [-0.3, -0.25) is 4.79 Å². The van der Waals surface area contributed by atoms with Crippen molar-refractivity contribution in [3.05, 3.63) is 95.0 Å². The van der Waals surface area contributed by atoms with Crippen LogP contribution < -0.4 is 5.43 Å². The summed E-state index contributed by atoms with van der Waals surface area (Å²) in [6, 6.07) is 25.4. The highest BCUT2D eigenvalue weighted by molar-refractivity contribution is 6.30. The fourth-order valence-electron chi connectivity index (χ4n) is 2.40. The normalized spacial score (nSPS) is 10.8. The summed E-state index contributed by atoms with van der Waals surface area (Å²) in [6.07, 6.45) is 1.90. The van der Waals surface area contributed by atoms with Crippen molar-refractivity contribution < 1.29 is 4.79 Å². The first-order valence-corrected chi connectivity index (χ1v) is 8.30. The first-order chi connectivity index (χ1) is 12.2. The molecule has 1 amide bonds. The fraction of sp³-hybridized carbons (Fsp3) is 0.0476. The Balaban J connectivity index is 1.55. The number of rotatable bonds is 5. The van der Waals surface area contributed by atoms with E-state index in [1.54, 1.807) is 18.3 Å². The molecule has 0 bridgehead atoms. The van der Waals surface area contributed by atoms with E-state index < -0.39 is 0 Å². The van der Waals surface area contributed by atoms with Crippen molar-refractivity contribution in [2.45, 2.75) is 6.42 Å². The molecule has 0 atom stereocenters. The van der Waals surface area contributed by atoms with Gasteiger partial charge in [0.2, 0.25) is 5.91 Å². The minimum Gasteiger partial charge on any atom is -0.273 e. The maximum absolute atomic E-state index is 11.9. The molecule has 124 valence electrons. The molecule has 0 spiro atoms. The van der Waals surface area contributed by atoms with Gasteiger partial charge in [0.15, 0.2) is 0 Å². The summed E-state index contributed by atoms with van der Waals surface area (Å²) in [7, 11) is 0. The molecule has 1 N–H and O–H groups in total. The zero-order chi connectivity index (χ0) is 17.5. The van der Waals surface area contributed by atoms with Crippen molar-refractivity contribution in [2.75, 3.05) is 0 Å². The van der Waals surface area contributed by atoms with Crippen molar-refractivity contribution in [3.63, 3.8) is 0 Å². The molecule has 0 radical (unpaired) electrons. The molecule has 4 heteroatoms. The minimum atomic E-state index is -0.167. The number of nitrogens with zero attached hydrogens (tertiary/aromatic N) is 1. The first-order valence-electron chi connectivity index (χ1n) is 7.92. The Morgan fingerprint density at radius 1 is 0.880 bits per heavy atom. The molecule has 0 aliphatic rings. The maximum atomic E-state index is 11.9. The number of carbonyl (C=O) groups is 1. The van der Waals surface area contributed by atoms with E-state index >= 15 is 0 Å². The molecule has 0 aromatic heterocycles. The van der Waals surface area contributed by atoms with Gasteiger partial charge in [-0.1, -0.05) is 78.3 Å². The SMILES string of the molecule is O=C(Cc1ccc(Cl)cc1)N/N=C/c1ccc(-c2ccccc2)cc1. The Morgan fingerprint density at radius 2 is 1.52 bits per heavy atom. The molecule has 0 saturated heterocycles. The Morgan fingerprint density at radius 3 is 2.20 bits per heavy atom. The number of amides is 1. The topological polar surface area (TPSA) is 41.5 Å². The highest BCUT2D eigenvalue weighted by atomic mass is 35.5. The molecular weight excluding hydrogens is 332 g/mol. The molecule has 3 nitrogen and oxygen atoms in total. The lowest BCUT2D eigenvalue weighted by Crippen LogP contribution is -2.19. The van der Waals surface area contributed by atoms with Gasteiger partial charge >= 0.3 is 0 Å². The van der Waals surface area contributed by atoms with Crippen LogP contribution in [0.3, 0.4) is 0 Å². The van der Waals surface area contributed by atoms with E-state index in [1.807, 2.05) is 54.6 Å². The second-order valence-electron chi connectivity index (χ2n) is 5.58. The van der Waals surface area contributed by atoms with Gasteiger partial charge in [0.25, 0.3) is 0 Å². The van der Waals surface area contributed by atoms with Crippen LogP contribution in [-0.2, 0) is 11.2 Å². The molecule has 0 saturated carbocycles. The number of carbonyl (C=O) groups excluding carboxylic acids is 1. The lowest BCUT2D eigenvalue weighted by atomic mass is 10.0. The quantitative estimate of drug-likeness (QED) is 0.527. The molecule has 0 fully saturated rings. The lowest BCUT2D eigenvalue weighted by Gasteiger charge is -2.02. The van der Waals surface area contributed by atoms with E-state index in [1.165, 1.54) is 5.56 Å². The number of hydrazone groups is 1. The summed E-state index contributed by atoms with van der Waals surface area (Å²) in [5.41, 5.74) is 6.67. The van der Waals surface area contributed by atoms with Crippen molar-refractivity contribution in [2.24, 2.45) is 5.10 Å². The predicted octanol–water partition coefficient (Wildman–Crippen LogP) is 4.70. The average molecular weight is 349 g/mol. The van der Waals surface area contributed by atoms with Gasteiger partial charge in [0.05, 0.1) is 12.6 Å². The second kappa shape index (κ2) is 8.27. The van der Waals surface area contributed by atoms with E-state index in [9.17, 15) is 4.79 Å². The summed E-state index contributed by atoms with van der Waals surface area (Å²) in [5.74, 6) is -0.167. The van der Waals surface area contributed by atoms with Crippen LogP contribution in [0.2, 0.25) is 5.02 Å². The molecule has 0 heterocycles. The van der Waals surface area contributed by atoms with Crippen molar-refractivity contribution in [1.82, 2.24) is 5.43 Å². The molecule has 0 unspecified atom stereocenters. The lowest BCUT2D eigenvalue weighted by molar-refractivity contribution is -0.120. The van der Waals surface area contributed by atoms with Gasteiger partial charge in [-0.05, 0) is 34.4 Å². The van der Waals surface area contributed by atoms with E-state index in [0.717, 1.165) is 16.7 Å². The zero-order valence-electron chi connectivity index (χ0n) is 13.5. The van der Waals surface area contributed by atoms with Crippen molar-refractivity contribution in [3.8, 4) is 11.1 Å². The summed E-state index contributed by atoms with van der Waals surface area (Å²) < 4.78 is 0. The highest BCUT2D eigenvalue weighted by Gasteiger charge is 2.02. The van der Waals surface area contributed by atoms with Crippen molar-refractivity contribution >= 4 is 23.7 Å². The van der Waals surface area contributed by atoms with Crippen LogP contribution in [0.5, 0.6) is 0 Å². The van der Waals surface area contributed by atoms with Gasteiger partial charge in [-0.2, -0.15) is 5.10 Å². The Kier molecular flexibility index (Phi) is 5.60. The first kappa shape index (κ1) is 16.9. The van der Waals surface area contributed by atoms with Gasteiger partial charge in [-0.25, -0.2) is 5.43 Å². The highest BCUT2D eigenvalue weighted by Crippen LogP contribution is 2.18. The zero-order valence-corrected chi connectivity index (χ0v) is 14.3. The summed E-state index contributed by atoms with van der Waals surface area (Å²) >= 11 is 5.83. The van der Waals surface area contributed by atoms with Crippen LogP contribution in [0.15, 0.2) is 84.0 Å². The molecule has 0 aliphatic heterocycles. The number of halogens is 1. The molecule has 3 aromatic rings. The number of hydrogen-bond acceptors (Lipinski definition) is 2. The number of nitrogens with one attached hydrogen (secondary N) is 1. The standard InChI is InChI=1S/C21H17ClN2O/c22-20-12-8-16(9-13-20)14-21(25)24-23-15-17-6-10-19(11-7-17)18-4-2-1-3-5-18/h1-13,15H,14H2,(H,24,25)/b23-15+. The van der Waals surface area contributed by atoms with Crippen LogP contribution in [-0.4, -0.2) is 12.1 Å². The van der Waals surface area contributed by atoms with E-state index in [-0.39, 0.29) is 12.3 Å². The van der Waals surface area contributed by atoms with Crippen LogP contribution >= 0.6 is 11.6 Å². The second-order valence-corrected chi connectivity index (χ2v) is 6.02. The Bertz CT molecular complexity index is 857. The molecule has 0 aliphatic carbocycles. The van der Waals surface area contributed by atoms with E-state index in [2.05, 4.69) is 22.7 Å². The molecule has 25 heavy (non-hydrogen) atoms. The van der Waals surface area contributed by atoms with Crippen LogP contribution in [0.25, 0.3) is 11.1 Å². The summed E-state index contributed by atoms with van der Waals surface area (Å²) in [5, 5.41) is 4.66. The smallest absolute Gasteiger partial charge is 0.244 e. The van der Waals surface area contributed by atoms with Crippen molar-refractivity contribution in [1.29, 1.82) is 0 Å². The molecule has 3 aromatic carbocycles. The monoisotopic (exact) mass is 348 g/mol. The Labute approximate surface area is 152 Å². The minimum absolute atomic E-state index is 0.167. The van der Waals surface area contributed by atoms with Crippen LogP contribution in [0, 0.1) is 0 Å². The predicted molar refractivity (Wildman–Crippen MR) is 103 cm³/mol. The maximum Gasteiger partial charge on any atom is 0.244 e. The van der Waals surface area contributed by atoms with Gasteiger partial charge in [0.1, 0.15) is 0 Å². The number of benzene rings is 3. The van der Waals surface area contributed by atoms with E-state index in [0.29, 0.717) is 5.02 Å². The third kappa shape index (κ3) is 5.03. The van der Waals surface area contributed by atoms with Gasteiger partial charge in [-0.15, -0.1) is 0 Å². The van der Waals surface area contributed by atoms with Gasteiger partial charge < -0.3 is 0 Å². The summed E-state index contributed by atoms with van der Waals surface area (Å²) in [4.78, 5) is 11.9. The van der Waals surface area contributed by atoms with Crippen LogP contribution in [0.1, 0.15) is 11.1 Å².